The smallest absolute Gasteiger partial charge is 0.320 e. The van der Waals surface area contributed by atoms with Crippen molar-refractivity contribution in [1.82, 2.24) is 4.98 Å². The van der Waals surface area contributed by atoms with E-state index in [1.807, 2.05) is 6.07 Å². The maximum atomic E-state index is 10.9. The zero-order valence-electron chi connectivity index (χ0n) is 15.0. The van der Waals surface area contributed by atoms with Crippen LogP contribution in [0.25, 0.3) is 10.9 Å². The van der Waals surface area contributed by atoms with Crippen LogP contribution in [0, 0.1) is 0 Å². The number of hydrogen-bond acceptors (Lipinski definition) is 6. The van der Waals surface area contributed by atoms with Crippen LogP contribution < -0.4 is 19.9 Å². The van der Waals surface area contributed by atoms with Gasteiger partial charge in [0.2, 0.25) is 0 Å². The number of carboxylic acids is 1. The number of carboxylic acid groups (broad SMARTS) is 1. The second-order valence-electron chi connectivity index (χ2n) is 5.93. The number of hydrogen-bond donors (Lipinski definition) is 2. The molecule has 0 amide bonds. The van der Waals surface area contributed by atoms with Crippen LogP contribution in [0.5, 0.6) is 23.0 Å². The van der Waals surface area contributed by atoms with Crippen LogP contribution in [0.15, 0.2) is 48.7 Å². The van der Waals surface area contributed by atoms with Crippen molar-refractivity contribution in [2.45, 2.75) is 12.5 Å². The Labute approximate surface area is 156 Å². The third-order valence-electron chi connectivity index (χ3n) is 4.13. The SMILES string of the molecule is COc1cc2nccc(Oc3ccc(C[C@H](N)C(=O)O)cc3)c2cc1OC. The number of ether oxygens (including phenoxy) is 3. The fourth-order valence-corrected chi connectivity index (χ4v) is 2.70. The maximum Gasteiger partial charge on any atom is 0.320 e. The van der Waals surface area contributed by atoms with E-state index in [0.29, 0.717) is 28.5 Å². The molecule has 140 valence electrons. The van der Waals surface area contributed by atoms with Gasteiger partial charge in [0, 0.05) is 17.6 Å². The van der Waals surface area contributed by atoms with E-state index in [-0.39, 0.29) is 6.42 Å². The van der Waals surface area contributed by atoms with Crippen molar-refractivity contribution in [1.29, 1.82) is 0 Å². The molecule has 0 unspecified atom stereocenters. The molecule has 0 aliphatic rings. The van der Waals surface area contributed by atoms with E-state index in [1.54, 1.807) is 56.8 Å². The first kappa shape index (κ1) is 18.5. The Morgan fingerprint density at radius 2 is 1.74 bits per heavy atom. The van der Waals surface area contributed by atoms with Crippen molar-refractivity contribution in [2.75, 3.05) is 14.2 Å². The zero-order chi connectivity index (χ0) is 19.4. The van der Waals surface area contributed by atoms with Crippen molar-refractivity contribution in [2.24, 2.45) is 5.73 Å². The van der Waals surface area contributed by atoms with Gasteiger partial charge < -0.3 is 25.1 Å². The average Bonchev–Trinajstić information content (AvgIpc) is 2.68. The summed E-state index contributed by atoms with van der Waals surface area (Å²) in [5, 5.41) is 9.68. The first-order valence-corrected chi connectivity index (χ1v) is 8.27. The molecule has 7 nitrogen and oxygen atoms in total. The van der Waals surface area contributed by atoms with Crippen molar-refractivity contribution in [3.05, 3.63) is 54.2 Å². The molecule has 1 aromatic heterocycles. The molecular formula is C20H20N2O5. The molecule has 0 aliphatic carbocycles. The van der Waals surface area contributed by atoms with E-state index in [0.717, 1.165) is 10.9 Å². The third-order valence-corrected chi connectivity index (χ3v) is 4.13. The molecule has 7 heteroatoms. The first-order valence-electron chi connectivity index (χ1n) is 8.27. The number of carbonyl (C=O) groups is 1. The molecule has 27 heavy (non-hydrogen) atoms. The second kappa shape index (κ2) is 7.92. The monoisotopic (exact) mass is 368 g/mol. The first-order chi connectivity index (χ1) is 13.0. The van der Waals surface area contributed by atoms with Gasteiger partial charge in [0.25, 0.3) is 0 Å². The molecule has 1 atom stereocenters. The molecular weight excluding hydrogens is 348 g/mol. The lowest BCUT2D eigenvalue weighted by Crippen LogP contribution is -2.32. The molecule has 2 aromatic carbocycles. The molecule has 0 saturated carbocycles. The van der Waals surface area contributed by atoms with Crippen LogP contribution in [0.1, 0.15) is 5.56 Å². The number of fused-ring (bicyclic) bond motifs is 1. The number of rotatable bonds is 7. The van der Waals surface area contributed by atoms with Gasteiger partial charge in [-0.2, -0.15) is 0 Å². The van der Waals surface area contributed by atoms with Crippen LogP contribution >= 0.6 is 0 Å². The minimum absolute atomic E-state index is 0.255. The number of aliphatic carboxylic acids is 1. The highest BCUT2D eigenvalue weighted by Gasteiger charge is 2.13. The number of aromatic nitrogens is 1. The van der Waals surface area contributed by atoms with Crippen molar-refractivity contribution in [3.63, 3.8) is 0 Å². The topological polar surface area (TPSA) is 104 Å². The van der Waals surface area contributed by atoms with Crippen LogP contribution in [-0.2, 0) is 11.2 Å². The maximum absolute atomic E-state index is 10.9. The van der Waals surface area contributed by atoms with Crippen LogP contribution in [-0.4, -0.2) is 36.3 Å². The lowest BCUT2D eigenvalue weighted by atomic mass is 10.1. The van der Waals surface area contributed by atoms with Crippen LogP contribution in [0.2, 0.25) is 0 Å². The Balaban J connectivity index is 1.87. The quantitative estimate of drug-likeness (QED) is 0.660. The highest BCUT2D eigenvalue weighted by molar-refractivity contribution is 5.88. The van der Waals surface area contributed by atoms with Crippen molar-refractivity contribution < 1.29 is 24.1 Å². The van der Waals surface area contributed by atoms with Crippen LogP contribution in [0.3, 0.4) is 0 Å². The van der Waals surface area contributed by atoms with Gasteiger partial charge in [0.1, 0.15) is 17.5 Å². The predicted molar refractivity (Wildman–Crippen MR) is 101 cm³/mol. The summed E-state index contributed by atoms with van der Waals surface area (Å²) in [5.74, 6) is 1.39. The molecule has 1 heterocycles. The molecule has 0 bridgehead atoms. The van der Waals surface area contributed by atoms with E-state index in [9.17, 15) is 4.79 Å². The highest BCUT2D eigenvalue weighted by Crippen LogP contribution is 2.36. The lowest BCUT2D eigenvalue weighted by Gasteiger charge is -2.13. The normalized spacial score (nSPS) is 11.8. The molecule has 0 aliphatic heterocycles. The summed E-state index contributed by atoms with van der Waals surface area (Å²) in [4.78, 5) is 15.2. The van der Waals surface area contributed by atoms with E-state index in [2.05, 4.69) is 4.98 Å². The highest BCUT2D eigenvalue weighted by atomic mass is 16.5. The number of nitrogens with zero attached hydrogens (tertiary/aromatic N) is 1. The molecule has 0 saturated heterocycles. The third kappa shape index (κ3) is 4.09. The molecule has 0 spiro atoms. The fourth-order valence-electron chi connectivity index (χ4n) is 2.70. The van der Waals surface area contributed by atoms with Crippen molar-refractivity contribution in [3.8, 4) is 23.0 Å². The summed E-state index contributed by atoms with van der Waals surface area (Å²) in [6.07, 6.45) is 1.91. The number of pyridine rings is 1. The van der Waals surface area contributed by atoms with Gasteiger partial charge in [-0.15, -0.1) is 0 Å². The summed E-state index contributed by atoms with van der Waals surface area (Å²) in [6.45, 7) is 0. The van der Waals surface area contributed by atoms with Gasteiger partial charge in [0.05, 0.1) is 19.7 Å². The second-order valence-corrected chi connectivity index (χ2v) is 5.93. The molecule has 0 radical (unpaired) electrons. The fraction of sp³-hybridized carbons (Fsp3) is 0.200. The number of nitrogens with two attached hydrogens (primary N) is 1. The summed E-state index contributed by atoms with van der Waals surface area (Å²) in [6, 6.07) is 11.6. The van der Waals surface area contributed by atoms with E-state index < -0.39 is 12.0 Å². The van der Waals surface area contributed by atoms with E-state index in [1.165, 1.54) is 0 Å². The Morgan fingerprint density at radius 3 is 2.37 bits per heavy atom. The van der Waals surface area contributed by atoms with Gasteiger partial charge in [-0.05, 0) is 36.2 Å². The van der Waals surface area contributed by atoms with Gasteiger partial charge in [-0.1, -0.05) is 12.1 Å². The lowest BCUT2D eigenvalue weighted by molar-refractivity contribution is -0.138. The summed E-state index contributed by atoms with van der Waals surface area (Å²) >= 11 is 0. The molecule has 0 fully saturated rings. The Kier molecular flexibility index (Phi) is 5.42. The summed E-state index contributed by atoms with van der Waals surface area (Å²) in [5.41, 5.74) is 7.10. The van der Waals surface area contributed by atoms with E-state index in [4.69, 9.17) is 25.1 Å². The van der Waals surface area contributed by atoms with E-state index >= 15 is 0 Å². The Hall–Kier alpha value is -3.32. The van der Waals surface area contributed by atoms with Gasteiger partial charge in [-0.3, -0.25) is 9.78 Å². The number of methoxy groups -OCH3 is 2. The molecule has 3 N–H and O–H groups in total. The van der Waals surface area contributed by atoms with Gasteiger partial charge in [0.15, 0.2) is 11.5 Å². The van der Waals surface area contributed by atoms with Gasteiger partial charge >= 0.3 is 5.97 Å². The Bertz CT molecular complexity index is 956. The largest absolute Gasteiger partial charge is 0.493 e. The number of benzene rings is 2. The van der Waals surface area contributed by atoms with Crippen molar-refractivity contribution >= 4 is 16.9 Å². The Morgan fingerprint density at radius 1 is 1.07 bits per heavy atom. The zero-order valence-corrected chi connectivity index (χ0v) is 15.0. The average molecular weight is 368 g/mol. The van der Waals surface area contributed by atoms with Crippen LogP contribution in [0.4, 0.5) is 0 Å². The molecule has 3 rings (SSSR count). The summed E-state index contributed by atoms with van der Waals surface area (Å²) < 4.78 is 16.6. The molecule has 3 aromatic rings. The predicted octanol–water partition coefficient (Wildman–Crippen LogP) is 3.00. The van der Waals surface area contributed by atoms with Gasteiger partial charge in [-0.25, -0.2) is 0 Å². The minimum Gasteiger partial charge on any atom is -0.493 e. The standard InChI is InChI=1S/C20H20N2O5/c1-25-18-10-14-16(11-19(18)26-2)22-8-7-17(14)27-13-5-3-12(4-6-13)9-15(21)20(23)24/h3-8,10-11,15H,9,21H2,1-2H3,(H,23,24)/t15-/m0/s1. The summed E-state index contributed by atoms with van der Waals surface area (Å²) in [7, 11) is 3.14. The minimum atomic E-state index is -1.03.